The molecular formula is C23H26ClN5O3. The number of morpholine rings is 1. The summed E-state index contributed by atoms with van der Waals surface area (Å²) in [7, 11) is 1.69. The Balaban J connectivity index is 1.60. The Labute approximate surface area is 191 Å². The summed E-state index contributed by atoms with van der Waals surface area (Å²) < 4.78 is 6.91. The zero-order valence-corrected chi connectivity index (χ0v) is 18.8. The smallest absolute Gasteiger partial charge is 0.264 e. The van der Waals surface area contributed by atoms with Gasteiger partial charge in [0.05, 0.1) is 41.5 Å². The second-order valence-corrected chi connectivity index (χ2v) is 8.84. The molecule has 168 valence electrons. The first-order chi connectivity index (χ1) is 15.5. The lowest BCUT2D eigenvalue weighted by Gasteiger charge is -2.29. The zero-order valence-electron chi connectivity index (χ0n) is 18.0. The summed E-state index contributed by atoms with van der Waals surface area (Å²) in [5.74, 6) is 0.800. The van der Waals surface area contributed by atoms with Crippen LogP contribution in [-0.2, 0) is 11.8 Å². The van der Waals surface area contributed by atoms with Gasteiger partial charge in [-0.05, 0) is 24.6 Å². The van der Waals surface area contributed by atoms with Gasteiger partial charge < -0.3 is 24.2 Å². The highest BCUT2D eigenvalue weighted by atomic mass is 35.5. The van der Waals surface area contributed by atoms with Gasteiger partial charge in [-0.15, -0.1) is 0 Å². The van der Waals surface area contributed by atoms with Crippen LogP contribution in [-0.4, -0.2) is 65.6 Å². The highest BCUT2D eigenvalue weighted by molar-refractivity contribution is 6.33. The average Bonchev–Trinajstić information content (AvgIpc) is 3.30. The summed E-state index contributed by atoms with van der Waals surface area (Å²) >= 11 is 6.66. The molecule has 0 saturated carbocycles. The molecule has 1 unspecified atom stereocenters. The van der Waals surface area contributed by atoms with Crippen molar-refractivity contribution in [1.82, 2.24) is 14.5 Å². The molecule has 1 atom stereocenters. The molecule has 4 heterocycles. The number of halogens is 1. The summed E-state index contributed by atoms with van der Waals surface area (Å²) in [6, 6.07) is 7.80. The summed E-state index contributed by atoms with van der Waals surface area (Å²) in [4.78, 5) is 26.7. The van der Waals surface area contributed by atoms with Crippen molar-refractivity contribution in [2.24, 2.45) is 13.0 Å². The minimum Gasteiger partial charge on any atom is -0.396 e. The Morgan fingerprint density at radius 1 is 1.19 bits per heavy atom. The molecule has 2 aliphatic heterocycles. The van der Waals surface area contributed by atoms with Gasteiger partial charge in [0, 0.05) is 51.3 Å². The van der Waals surface area contributed by atoms with Crippen molar-refractivity contribution in [3.63, 3.8) is 0 Å². The molecule has 32 heavy (non-hydrogen) atoms. The monoisotopic (exact) mass is 455 g/mol. The lowest BCUT2D eigenvalue weighted by Crippen LogP contribution is -2.36. The van der Waals surface area contributed by atoms with E-state index in [2.05, 4.69) is 14.8 Å². The molecule has 3 aromatic rings. The van der Waals surface area contributed by atoms with E-state index in [4.69, 9.17) is 21.3 Å². The Bertz CT molecular complexity index is 1210. The number of pyridine rings is 1. The number of fused-ring (bicyclic) bond motifs is 1. The minimum absolute atomic E-state index is 0.128. The number of hydrogen-bond acceptors (Lipinski definition) is 7. The second-order valence-electron chi connectivity index (χ2n) is 8.43. The van der Waals surface area contributed by atoms with Crippen LogP contribution >= 0.6 is 11.6 Å². The number of ether oxygens (including phenoxy) is 1. The van der Waals surface area contributed by atoms with Crippen LogP contribution in [0.25, 0.3) is 22.2 Å². The second kappa shape index (κ2) is 8.69. The molecule has 8 nitrogen and oxygen atoms in total. The van der Waals surface area contributed by atoms with Crippen LogP contribution in [0, 0.1) is 5.92 Å². The van der Waals surface area contributed by atoms with E-state index >= 15 is 0 Å². The van der Waals surface area contributed by atoms with E-state index in [1.165, 1.54) is 10.9 Å². The van der Waals surface area contributed by atoms with Crippen molar-refractivity contribution < 1.29 is 9.84 Å². The van der Waals surface area contributed by atoms with Gasteiger partial charge in [0.15, 0.2) is 0 Å². The molecule has 0 spiro atoms. The first kappa shape index (κ1) is 21.2. The van der Waals surface area contributed by atoms with E-state index in [1.807, 2.05) is 24.3 Å². The van der Waals surface area contributed by atoms with E-state index < -0.39 is 0 Å². The lowest BCUT2D eigenvalue weighted by molar-refractivity contribution is 0.122. The van der Waals surface area contributed by atoms with Gasteiger partial charge in [0.2, 0.25) is 0 Å². The largest absolute Gasteiger partial charge is 0.396 e. The van der Waals surface area contributed by atoms with E-state index in [-0.39, 0.29) is 18.1 Å². The van der Waals surface area contributed by atoms with Crippen LogP contribution in [0.1, 0.15) is 6.42 Å². The van der Waals surface area contributed by atoms with Gasteiger partial charge in [-0.1, -0.05) is 17.7 Å². The van der Waals surface area contributed by atoms with Crippen molar-refractivity contribution in [1.29, 1.82) is 0 Å². The molecule has 0 aliphatic carbocycles. The number of aliphatic hydroxyl groups is 1. The van der Waals surface area contributed by atoms with Gasteiger partial charge in [-0.25, -0.2) is 9.97 Å². The van der Waals surface area contributed by atoms with Crippen LogP contribution in [0.4, 0.5) is 11.5 Å². The fourth-order valence-corrected chi connectivity index (χ4v) is 4.78. The van der Waals surface area contributed by atoms with Crippen LogP contribution in [0.15, 0.2) is 35.4 Å². The predicted octanol–water partition coefficient (Wildman–Crippen LogP) is 2.30. The quantitative estimate of drug-likeness (QED) is 0.646. The SMILES string of the molecule is Cn1cnc2cc(-c3ccc(N4CCOCC4)c(Cl)c3)nc(N3CCC(CO)C3)c2c1=O. The lowest BCUT2D eigenvalue weighted by atomic mass is 10.1. The number of aromatic nitrogens is 3. The Morgan fingerprint density at radius 2 is 2.00 bits per heavy atom. The topological polar surface area (TPSA) is 83.7 Å². The molecular weight excluding hydrogens is 430 g/mol. The fourth-order valence-electron chi connectivity index (χ4n) is 4.48. The van der Waals surface area contributed by atoms with Gasteiger partial charge in [-0.2, -0.15) is 0 Å². The van der Waals surface area contributed by atoms with E-state index in [1.54, 1.807) is 7.05 Å². The Kier molecular flexibility index (Phi) is 5.75. The highest BCUT2D eigenvalue weighted by Gasteiger charge is 2.26. The van der Waals surface area contributed by atoms with Gasteiger partial charge >= 0.3 is 0 Å². The molecule has 1 N–H and O–H groups in total. The fraction of sp³-hybridized carbons (Fsp3) is 0.435. The summed E-state index contributed by atoms with van der Waals surface area (Å²) in [5, 5.41) is 10.8. The highest BCUT2D eigenvalue weighted by Crippen LogP contribution is 2.34. The molecule has 5 rings (SSSR count). The Hall–Kier alpha value is -2.68. The third kappa shape index (κ3) is 3.83. The number of benzene rings is 1. The van der Waals surface area contributed by atoms with Crippen molar-refractivity contribution in [3.8, 4) is 11.3 Å². The van der Waals surface area contributed by atoms with Gasteiger partial charge in [0.25, 0.3) is 5.56 Å². The van der Waals surface area contributed by atoms with E-state index in [0.717, 1.165) is 43.0 Å². The number of hydrogen-bond donors (Lipinski definition) is 1. The molecule has 2 aromatic heterocycles. The molecule has 2 fully saturated rings. The van der Waals surface area contributed by atoms with Crippen molar-refractivity contribution in [2.75, 3.05) is 55.8 Å². The maximum atomic E-state index is 12.9. The Morgan fingerprint density at radius 3 is 2.72 bits per heavy atom. The van der Waals surface area contributed by atoms with Gasteiger partial charge in [-0.3, -0.25) is 4.79 Å². The standard InChI is InChI=1S/C23H26ClN5O3/c1-27-14-25-19-11-18(16-2-3-20(17(24)10-16)28-6-8-32-9-7-28)26-22(21(19)23(27)31)29-5-4-15(12-29)13-30/h2-3,10-11,14-15,30H,4-9,12-13H2,1H3. The van der Waals surface area contributed by atoms with Crippen molar-refractivity contribution >= 4 is 34.0 Å². The van der Waals surface area contributed by atoms with Crippen LogP contribution in [0.2, 0.25) is 5.02 Å². The van der Waals surface area contributed by atoms with Crippen molar-refractivity contribution in [3.05, 3.63) is 46.0 Å². The maximum absolute atomic E-state index is 12.9. The molecule has 1 aromatic carbocycles. The van der Waals surface area contributed by atoms with Crippen LogP contribution in [0.5, 0.6) is 0 Å². The predicted molar refractivity (Wildman–Crippen MR) is 126 cm³/mol. The molecule has 9 heteroatoms. The van der Waals surface area contributed by atoms with Crippen LogP contribution in [0.3, 0.4) is 0 Å². The zero-order chi connectivity index (χ0) is 22.2. The van der Waals surface area contributed by atoms with E-state index in [0.29, 0.717) is 41.5 Å². The number of rotatable bonds is 4. The molecule has 2 saturated heterocycles. The number of anilines is 2. The first-order valence-corrected chi connectivity index (χ1v) is 11.3. The van der Waals surface area contributed by atoms with Crippen molar-refractivity contribution in [2.45, 2.75) is 6.42 Å². The number of nitrogens with zero attached hydrogens (tertiary/aromatic N) is 5. The first-order valence-electron chi connectivity index (χ1n) is 10.9. The number of aryl methyl sites for hydroxylation is 1. The van der Waals surface area contributed by atoms with Gasteiger partial charge in [0.1, 0.15) is 11.2 Å². The normalized spacial score (nSPS) is 19.2. The number of aliphatic hydroxyl groups excluding tert-OH is 1. The molecule has 0 bridgehead atoms. The molecule has 2 aliphatic rings. The van der Waals surface area contributed by atoms with Crippen LogP contribution < -0.4 is 15.4 Å². The summed E-state index contributed by atoms with van der Waals surface area (Å²) in [6.07, 6.45) is 2.40. The van der Waals surface area contributed by atoms with E-state index in [9.17, 15) is 9.90 Å². The third-order valence-corrected chi connectivity index (χ3v) is 6.63. The molecule has 0 amide bonds. The maximum Gasteiger partial charge on any atom is 0.264 e. The third-order valence-electron chi connectivity index (χ3n) is 6.32. The molecule has 0 radical (unpaired) electrons. The summed E-state index contributed by atoms with van der Waals surface area (Å²) in [6.45, 7) is 4.54. The average molecular weight is 456 g/mol. The minimum atomic E-state index is -0.128. The summed E-state index contributed by atoms with van der Waals surface area (Å²) in [5.41, 5.74) is 3.05.